The molecule has 108 valence electrons. The van der Waals surface area contributed by atoms with Gasteiger partial charge in [0.25, 0.3) is 0 Å². The van der Waals surface area contributed by atoms with Gasteiger partial charge in [-0.3, -0.25) is 4.68 Å². The van der Waals surface area contributed by atoms with E-state index in [1.54, 1.807) is 10.5 Å². The Kier molecular flexibility index (Phi) is 4.53. The van der Waals surface area contributed by atoms with Crippen molar-refractivity contribution in [3.05, 3.63) is 18.0 Å². The molecule has 0 bridgehead atoms. The van der Waals surface area contributed by atoms with E-state index >= 15 is 0 Å². The smallest absolute Gasteiger partial charge is 0.211 e. The highest BCUT2D eigenvalue weighted by molar-refractivity contribution is 7.88. The van der Waals surface area contributed by atoms with Crippen LogP contribution < -0.4 is 0 Å². The van der Waals surface area contributed by atoms with Gasteiger partial charge in [-0.05, 0) is 25.7 Å². The Morgan fingerprint density at radius 3 is 2.89 bits per heavy atom. The van der Waals surface area contributed by atoms with E-state index in [0.717, 1.165) is 24.9 Å². The van der Waals surface area contributed by atoms with E-state index in [1.165, 1.54) is 6.26 Å². The summed E-state index contributed by atoms with van der Waals surface area (Å²) in [5, 5.41) is 4.23. The maximum absolute atomic E-state index is 11.6. The van der Waals surface area contributed by atoms with E-state index in [-0.39, 0.29) is 5.38 Å². The molecule has 0 N–H and O–H groups in total. The Bertz CT molecular complexity index is 527. The van der Waals surface area contributed by atoms with Crippen LogP contribution in [0.15, 0.2) is 12.4 Å². The summed E-state index contributed by atoms with van der Waals surface area (Å²) < 4.78 is 26.6. The largest absolute Gasteiger partial charge is 0.272 e. The molecule has 0 saturated carbocycles. The normalized spacial score (nSPS) is 23.4. The van der Waals surface area contributed by atoms with Gasteiger partial charge in [-0.15, -0.1) is 11.6 Å². The van der Waals surface area contributed by atoms with Crippen LogP contribution in [0.5, 0.6) is 0 Å². The van der Waals surface area contributed by atoms with Crippen LogP contribution in [0, 0.1) is 5.92 Å². The summed E-state index contributed by atoms with van der Waals surface area (Å²) in [6.07, 6.45) is 6.94. The van der Waals surface area contributed by atoms with Crippen molar-refractivity contribution in [1.29, 1.82) is 0 Å². The van der Waals surface area contributed by atoms with Crippen LogP contribution in [0.4, 0.5) is 0 Å². The molecule has 5 nitrogen and oxygen atoms in total. The molecule has 1 fully saturated rings. The second-order valence-electron chi connectivity index (χ2n) is 5.24. The van der Waals surface area contributed by atoms with Crippen molar-refractivity contribution in [1.82, 2.24) is 14.1 Å². The van der Waals surface area contributed by atoms with Gasteiger partial charge in [-0.2, -0.15) is 5.10 Å². The molecule has 1 saturated heterocycles. The topological polar surface area (TPSA) is 55.2 Å². The van der Waals surface area contributed by atoms with Crippen molar-refractivity contribution in [2.75, 3.05) is 19.3 Å². The molecule has 2 heterocycles. The highest BCUT2D eigenvalue weighted by Crippen LogP contribution is 2.22. The molecule has 0 radical (unpaired) electrons. The summed E-state index contributed by atoms with van der Waals surface area (Å²) in [6, 6.07) is 0. The van der Waals surface area contributed by atoms with Crippen LogP contribution in [0.3, 0.4) is 0 Å². The van der Waals surface area contributed by atoms with Crippen LogP contribution in [0.1, 0.15) is 30.7 Å². The zero-order chi connectivity index (χ0) is 14.0. The van der Waals surface area contributed by atoms with E-state index < -0.39 is 10.0 Å². The third kappa shape index (κ3) is 3.94. The molecule has 0 aliphatic carbocycles. The number of aromatic nitrogens is 2. The third-order valence-corrected chi connectivity index (χ3v) is 5.03. The van der Waals surface area contributed by atoms with Crippen LogP contribution in [0.2, 0.25) is 0 Å². The fraction of sp³-hybridized carbons (Fsp3) is 0.750. The van der Waals surface area contributed by atoms with Gasteiger partial charge in [0.05, 0.1) is 17.8 Å². The first kappa shape index (κ1) is 14.8. The first-order valence-corrected chi connectivity index (χ1v) is 8.76. The fourth-order valence-corrected chi connectivity index (χ4v) is 3.48. The van der Waals surface area contributed by atoms with Crippen LogP contribution in [-0.4, -0.2) is 41.8 Å². The second kappa shape index (κ2) is 5.81. The minimum atomic E-state index is -3.08. The van der Waals surface area contributed by atoms with Gasteiger partial charge in [-0.25, -0.2) is 12.7 Å². The van der Waals surface area contributed by atoms with Gasteiger partial charge in [-0.1, -0.05) is 0 Å². The minimum Gasteiger partial charge on any atom is -0.272 e. The zero-order valence-electron chi connectivity index (χ0n) is 11.3. The second-order valence-corrected chi connectivity index (χ2v) is 7.88. The molecule has 1 aliphatic rings. The lowest BCUT2D eigenvalue weighted by Gasteiger charge is -2.30. The first-order valence-electron chi connectivity index (χ1n) is 6.48. The molecule has 0 amide bonds. The standard InChI is InChI=1S/C12H20ClN3O2S/c1-10(13)12-6-14-15(9-12)7-11-4-3-5-16(8-11)19(2,17)18/h6,9-11H,3-5,7-8H2,1-2H3. The number of piperidine rings is 1. The van der Waals surface area contributed by atoms with E-state index in [9.17, 15) is 8.42 Å². The molecule has 2 atom stereocenters. The molecule has 0 aromatic carbocycles. The van der Waals surface area contributed by atoms with Gasteiger partial charge in [0.15, 0.2) is 0 Å². The number of sulfonamides is 1. The molecule has 1 aliphatic heterocycles. The predicted octanol–water partition coefficient (Wildman–Crippen LogP) is 1.85. The Hall–Kier alpha value is -0.590. The van der Waals surface area contributed by atoms with E-state index in [0.29, 0.717) is 19.0 Å². The lowest BCUT2D eigenvalue weighted by Crippen LogP contribution is -2.40. The number of alkyl halides is 1. The molecule has 2 unspecified atom stereocenters. The monoisotopic (exact) mass is 305 g/mol. The molecule has 19 heavy (non-hydrogen) atoms. The Balaban J connectivity index is 1.98. The molecule has 2 rings (SSSR count). The SMILES string of the molecule is CC(Cl)c1cnn(CC2CCCN(S(C)(=O)=O)C2)c1. The number of rotatable bonds is 4. The molecule has 0 spiro atoms. The average Bonchev–Trinajstić information content (AvgIpc) is 2.77. The molecule has 7 heteroatoms. The van der Waals surface area contributed by atoms with Crippen LogP contribution >= 0.6 is 11.6 Å². The quantitative estimate of drug-likeness (QED) is 0.798. The number of hydrogen-bond acceptors (Lipinski definition) is 3. The lowest BCUT2D eigenvalue weighted by atomic mass is 10.00. The number of nitrogens with zero attached hydrogens (tertiary/aromatic N) is 3. The van der Waals surface area contributed by atoms with Crippen molar-refractivity contribution in [2.45, 2.75) is 31.7 Å². The van der Waals surface area contributed by atoms with E-state index in [4.69, 9.17) is 11.6 Å². The lowest BCUT2D eigenvalue weighted by molar-refractivity contribution is 0.240. The summed E-state index contributed by atoms with van der Waals surface area (Å²) in [5.41, 5.74) is 0.998. The van der Waals surface area contributed by atoms with Crippen LogP contribution in [0.25, 0.3) is 0 Å². The number of halogens is 1. The fourth-order valence-electron chi connectivity index (χ4n) is 2.43. The summed E-state index contributed by atoms with van der Waals surface area (Å²) in [6.45, 7) is 3.88. The van der Waals surface area contributed by atoms with Gasteiger partial charge in [0, 0.05) is 31.4 Å². The Labute approximate surface area is 119 Å². The molecular weight excluding hydrogens is 286 g/mol. The van der Waals surface area contributed by atoms with Crippen molar-refractivity contribution in [3.8, 4) is 0 Å². The predicted molar refractivity (Wildman–Crippen MR) is 75.6 cm³/mol. The van der Waals surface area contributed by atoms with Gasteiger partial charge in [0.1, 0.15) is 0 Å². The third-order valence-electron chi connectivity index (χ3n) is 3.51. The molecule has 1 aromatic rings. The highest BCUT2D eigenvalue weighted by atomic mass is 35.5. The molecule has 1 aromatic heterocycles. The van der Waals surface area contributed by atoms with Crippen molar-refractivity contribution >= 4 is 21.6 Å². The molecular formula is C12H20ClN3O2S. The van der Waals surface area contributed by atoms with E-state index in [1.807, 2.05) is 17.8 Å². The van der Waals surface area contributed by atoms with Crippen molar-refractivity contribution in [2.24, 2.45) is 5.92 Å². The first-order chi connectivity index (χ1) is 8.86. The van der Waals surface area contributed by atoms with Crippen LogP contribution in [-0.2, 0) is 16.6 Å². The average molecular weight is 306 g/mol. The minimum absolute atomic E-state index is 0.0485. The van der Waals surface area contributed by atoms with Gasteiger partial charge >= 0.3 is 0 Å². The van der Waals surface area contributed by atoms with Gasteiger partial charge < -0.3 is 0 Å². The number of hydrogen-bond donors (Lipinski definition) is 0. The summed E-state index contributed by atoms with van der Waals surface area (Å²) in [4.78, 5) is 0. The Morgan fingerprint density at radius 1 is 1.58 bits per heavy atom. The van der Waals surface area contributed by atoms with Gasteiger partial charge in [0.2, 0.25) is 10.0 Å². The summed E-state index contributed by atoms with van der Waals surface area (Å²) in [7, 11) is -3.08. The Morgan fingerprint density at radius 2 is 2.32 bits per heavy atom. The highest BCUT2D eigenvalue weighted by Gasteiger charge is 2.26. The van der Waals surface area contributed by atoms with Crippen molar-refractivity contribution < 1.29 is 8.42 Å². The maximum atomic E-state index is 11.6. The maximum Gasteiger partial charge on any atom is 0.211 e. The van der Waals surface area contributed by atoms with E-state index in [2.05, 4.69) is 5.10 Å². The summed E-state index contributed by atoms with van der Waals surface area (Å²) in [5.74, 6) is 0.321. The van der Waals surface area contributed by atoms with Crippen molar-refractivity contribution in [3.63, 3.8) is 0 Å². The zero-order valence-corrected chi connectivity index (χ0v) is 12.9. The summed E-state index contributed by atoms with van der Waals surface area (Å²) >= 11 is 6.00.